The standard InChI is InChI=1S/C6H9NOS/c1-4-3-7-6(9-4)5(2)8/h3,5,8H,1-2H3/t5-/m0/s1. The van der Waals surface area contributed by atoms with Crippen LogP contribution in [0.4, 0.5) is 0 Å². The first-order valence-corrected chi connectivity index (χ1v) is 3.62. The minimum absolute atomic E-state index is 0.413. The van der Waals surface area contributed by atoms with Gasteiger partial charge in [0.05, 0.1) is 0 Å². The molecule has 3 heteroatoms. The molecular weight excluding hydrogens is 134 g/mol. The summed E-state index contributed by atoms with van der Waals surface area (Å²) >= 11 is 1.53. The van der Waals surface area contributed by atoms with Crippen molar-refractivity contribution in [2.75, 3.05) is 0 Å². The molecule has 1 N–H and O–H groups in total. The van der Waals surface area contributed by atoms with Gasteiger partial charge in [0, 0.05) is 11.1 Å². The van der Waals surface area contributed by atoms with Gasteiger partial charge in [0.15, 0.2) is 0 Å². The molecule has 0 saturated carbocycles. The molecule has 1 aromatic rings. The average Bonchev–Trinajstić information content (AvgIpc) is 2.14. The molecule has 0 amide bonds. The highest BCUT2D eigenvalue weighted by atomic mass is 32.1. The molecule has 0 spiro atoms. The largest absolute Gasteiger partial charge is 0.386 e. The van der Waals surface area contributed by atoms with Gasteiger partial charge in [-0.1, -0.05) is 0 Å². The number of thiazole rings is 1. The van der Waals surface area contributed by atoms with Crippen LogP contribution in [0.1, 0.15) is 22.9 Å². The van der Waals surface area contributed by atoms with Crippen molar-refractivity contribution in [3.8, 4) is 0 Å². The zero-order valence-corrected chi connectivity index (χ0v) is 6.27. The second-order valence-corrected chi connectivity index (χ2v) is 3.25. The van der Waals surface area contributed by atoms with Crippen molar-refractivity contribution in [1.29, 1.82) is 0 Å². The lowest BCUT2D eigenvalue weighted by molar-refractivity contribution is 0.199. The lowest BCUT2D eigenvalue weighted by atomic mass is 10.4. The molecule has 1 rings (SSSR count). The number of aryl methyl sites for hydroxylation is 1. The van der Waals surface area contributed by atoms with E-state index in [1.165, 1.54) is 11.3 Å². The Hall–Kier alpha value is -0.410. The van der Waals surface area contributed by atoms with Gasteiger partial charge in [0.2, 0.25) is 0 Å². The summed E-state index contributed by atoms with van der Waals surface area (Å²) in [5, 5.41) is 9.78. The summed E-state index contributed by atoms with van der Waals surface area (Å²) in [4.78, 5) is 5.13. The van der Waals surface area contributed by atoms with Gasteiger partial charge in [-0.3, -0.25) is 0 Å². The molecule has 1 aromatic heterocycles. The summed E-state index contributed by atoms with van der Waals surface area (Å²) in [5.41, 5.74) is 0. The first-order chi connectivity index (χ1) is 4.20. The van der Waals surface area contributed by atoms with Gasteiger partial charge in [-0.2, -0.15) is 0 Å². The first kappa shape index (κ1) is 6.71. The molecule has 2 nitrogen and oxygen atoms in total. The average molecular weight is 143 g/mol. The molecule has 0 aromatic carbocycles. The lowest BCUT2D eigenvalue weighted by Gasteiger charge is -1.93. The number of hydrogen-bond acceptors (Lipinski definition) is 3. The van der Waals surface area contributed by atoms with E-state index in [1.54, 1.807) is 13.1 Å². The fraction of sp³-hybridized carbons (Fsp3) is 0.500. The zero-order valence-electron chi connectivity index (χ0n) is 5.46. The highest BCUT2D eigenvalue weighted by molar-refractivity contribution is 7.11. The molecule has 9 heavy (non-hydrogen) atoms. The first-order valence-electron chi connectivity index (χ1n) is 2.80. The molecule has 0 aliphatic rings. The smallest absolute Gasteiger partial charge is 0.121 e. The van der Waals surface area contributed by atoms with Crippen molar-refractivity contribution in [1.82, 2.24) is 4.98 Å². The van der Waals surface area contributed by atoms with Crippen molar-refractivity contribution >= 4 is 11.3 Å². The highest BCUT2D eigenvalue weighted by Gasteiger charge is 2.02. The molecule has 0 saturated heterocycles. The van der Waals surface area contributed by atoms with Crippen molar-refractivity contribution in [3.05, 3.63) is 16.1 Å². The molecule has 0 aliphatic carbocycles. The van der Waals surface area contributed by atoms with Crippen LogP contribution in [0.2, 0.25) is 0 Å². The number of aromatic nitrogens is 1. The minimum Gasteiger partial charge on any atom is -0.386 e. The SMILES string of the molecule is Cc1cnc([C@H](C)O)s1. The maximum Gasteiger partial charge on any atom is 0.121 e. The number of aliphatic hydroxyl groups excluding tert-OH is 1. The monoisotopic (exact) mass is 143 g/mol. The number of rotatable bonds is 1. The number of aliphatic hydroxyl groups is 1. The van der Waals surface area contributed by atoms with Gasteiger partial charge in [0.25, 0.3) is 0 Å². The highest BCUT2D eigenvalue weighted by Crippen LogP contribution is 2.17. The van der Waals surface area contributed by atoms with Crippen LogP contribution in [0, 0.1) is 6.92 Å². The van der Waals surface area contributed by atoms with Crippen molar-refractivity contribution in [3.63, 3.8) is 0 Å². The summed E-state index contributed by atoms with van der Waals surface area (Å²) in [5.74, 6) is 0. The van der Waals surface area contributed by atoms with Crippen molar-refractivity contribution in [2.24, 2.45) is 0 Å². The predicted octanol–water partition coefficient (Wildman–Crippen LogP) is 1.50. The Balaban J connectivity index is 2.85. The maximum absolute atomic E-state index is 8.98. The summed E-state index contributed by atoms with van der Waals surface area (Å²) in [7, 11) is 0. The molecule has 0 radical (unpaired) electrons. The van der Waals surface area contributed by atoms with Gasteiger partial charge < -0.3 is 5.11 Å². The molecule has 0 unspecified atom stereocenters. The Morgan fingerprint density at radius 1 is 1.78 bits per heavy atom. The van der Waals surface area contributed by atoms with Crippen LogP contribution >= 0.6 is 11.3 Å². The fourth-order valence-electron chi connectivity index (χ4n) is 0.565. The second-order valence-electron chi connectivity index (χ2n) is 1.99. The molecular formula is C6H9NOS. The van der Waals surface area contributed by atoms with E-state index in [4.69, 9.17) is 5.11 Å². The fourth-order valence-corrected chi connectivity index (χ4v) is 1.28. The molecule has 1 atom stereocenters. The third kappa shape index (κ3) is 1.50. The second kappa shape index (κ2) is 2.45. The molecule has 0 fully saturated rings. The van der Waals surface area contributed by atoms with Crippen molar-refractivity contribution in [2.45, 2.75) is 20.0 Å². The topological polar surface area (TPSA) is 33.1 Å². The van der Waals surface area contributed by atoms with E-state index in [9.17, 15) is 0 Å². The quantitative estimate of drug-likeness (QED) is 0.646. The molecule has 50 valence electrons. The Morgan fingerprint density at radius 3 is 2.67 bits per heavy atom. The molecule has 0 bridgehead atoms. The summed E-state index contributed by atoms with van der Waals surface area (Å²) in [6, 6.07) is 0. The summed E-state index contributed by atoms with van der Waals surface area (Å²) in [6.07, 6.45) is 1.36. The number of hydrogen-bond donors (Lipinski definition) is 1. The van der Waals surface area contributed by atoms with Gasteiger partial charge >= 0.3 is 0 Å². The molecule has 1 heterocycles. The Kier molecular flexibility index (Phi) is 1.83. The van der Waals surface area contributed by atoms with E-state index in [0.29, 0.717) is 0 Å². The predicted molar refractivity (Wildman–Crippen MR) is 37.5 cm³/mol. The number of nitrogens with zero attached hydrogens (tertiary/aromatic N) is 1. The maximum atomic E-state index is 8.98. The normalized spacial score (nSPS) is 13.7. The van der Waals surface area contributed by atoms with Crippen molar-refractivity contribution < 1.29 is 5.11 Å². The Morgan fingerprint density at radius 2 is 2.44 bits per heavy atom. The lowest BCUT2D eigenvalue weighted by Crippen LogP contribution is -1.86. The Labute approximate surface area is 58.2 Å². The zero-order chi connectivity index (χ0) is 6.85. The van der Waals surface area contributed by atoms with Crippen LogP contribution in [0.15, 0.2) is 6.20 Å². The summed E-state index contributed by atoms with van der Waals surface area (Å²) in [6.45, 7) is 3.70. The van der Waals surface area contributed by atoms with E-state index in [2.05, 4.69) is 4.98 Å². The molecule has 0 aliphatic heterocycles. The van der Waals surface area contributed by atoms with E-state index in [-0.39, 0.29) is 0 Å². The third-order valence-electron chi connectivity index (χ3n) is 0.997. The van der Waals surface area contributed by atoms with Crippen LogP contribution < -0.4 is 0 Å². The van der Waals surface area contributed by atoms with E-state index >= 15 is 0 Å². The van der Waals surface area contributed by atoms with Crippen LogP contribution in [-0.4, -0.2) is 10.1 Å². The Bertz CT molecular complexity index is 195. The van der Waals surface area contributed by atoms with Crippen LogP contribution in [-0.2, 0) is 0 Å². The van der Waals surface area contributed by atoms with E-state index in [1.807, 2.05) is 6.92 Å². The van der Waals surface area contributed by atoms with E-state index in [0.717, 1.165) is 9.88 Å². The third-order valence-corrected chi connectivity index (χ3v) is 2.08. The van der Waals surface area contributed by atoms with Crippen LogP contribution in [0.3, 0.4) is 0 Å². The van der Waals surface area contributed by atoms with Gasteiger partial charge in [-0.05, 0) is 13.8 Å². The van der Waals surface area contributed by atoms with Gasteiger partial charge in [0.1, 0.15) is 11.1 Å². The van der Waals surface area contributed by atoms with Gasteiger partial charge in [-0.25, -0.2) is 4.98 Å². The van der Waals surface area contributed by atoms with Crippen LogP contribution in [0.25, 0.3) is 0 Å². The van der Waals surface area contributed by atoms with E-state index < -0.39 is 6.10 Å². The minimum atomic E-state index is -0.413. The van der Waals surface area contributed by atoms with Crippen LogP contribution in [0.5, 0.6) is 0 Å². The van der Waals surface area contributed by atoms with Gasteiger partial charge in [-0.15, -0.1) is 11.3 Å². The summed E-state index contributed by atoms with van der Waals surface area (Å²) < 4.78 is 0.